The molecule has 1 heterocycles. The van der Waals surface area contributed by atoms with E-state index in [1.165, 1.54) is 18.4 Å². The minimum atomic E-state index is -0.217. The highest BCUT2D eigenvalue weighted by molar-refractivity contribution is 5.20. The quantitative estimate of drug-likeness (QED) is 0.721. The van der Waals surface area contributed by atoms with E-state index in [0.29, 0.717) is 5.92 Å². The van der Waals surface area contributed by atoms with Gasteiger partial charge in [0.05, 0.1) is 13.2 Å². The van der Waals surface area contributed by atoms with Gasteiger partial charge in [0.15, 0.2) is 5.79 Å². The monoisotopic (exact) mass is 218 g/mol. The molecule has 3 rings (SSSR count). The largest absolute Gasteiger partial charge is 0.348 e. The molecule has 1 saturated heterocycles. The van der Waals surface area contributed by atoms with Crippen LogP contribution in [0.1, 0.15) is 37.2 Å². The normalized spacial score (nSPS) is 25.0. The molecule has 1 aromatic rings. The van der Waals surface area contributed by atoms with E-state index >= 15 is 0 Å². The molecule has 0 atom stereocenters. The van der Waals surface area contributed by atoms with E-state index in [2.05, 4.69) is 30.3 Å². The molecule has 1 aliphatic carbocycles. The topological polar surface area (TPSA) is 18.5 Å². The van der Waals surface area contributed by atoms with Crippen LogP contribution in [0.15, 0.2) is 30.3 Å². The number of hydrogen-bond acceptors (Lipinski definition) is 2. The first kappa shape index (κ1) is 10.3. The SMILES string of the molecule is c1ccc(C2CCC3(CC2)OCCO3)cc1. The maximum absolute atomic E-state index is 5.74. The van der Waals surface area contributed by atoms with Crippen LogP contribution in [0.4, 0.5) is 0 Å². The van der Waals surface area contributed by atoms with Gasteiger partial charge in [-0.05, 0) is 24.3 Å². The standard InChI is InChI=1S/C14H18O2/c1-2-4-12(5-3-1)13-6-8-14(9-7-13)15-10-11-16-14/h1-5,13H,6-11H2. The highest BCUT2D eigenvalue weighted by atomic mass is 16.7. The van der Waals surface area contributed by atoms with Gasteiger partial charge in [-0.25, -0.2) is 0 Å². The molecule has 1 spiro atoms. The van der Waals surface area contributed by atoms with Gasteiger partial charge in [-0.1, -0.05) is 30.3 Å². The van der Waals surface area contributed by atoms with Crippen LogP contribution in [-0.4, -0.2) is 19.0 Å². The van der Waals surface area contributed by atoms with Gasteiger partial charge >= 0.3 is 0 Å². The minimum Gasteiger partial charge on any atom is -0.348 e. The lowest BCUT2D eigenvalue weighted by atomic mass is 9.81. The Morgan fingerprint density at radius 3 is 2.19 bits per heavy atom. The van der Waals surface area contributed by atoms with Crippen LogP contribution in [0.25, 0.3) is 0 Å². The summed E-state index contributed by atoms with van der Waals surface area (Å²) in [5, 5.41) is 0. The summed E-state index contributed by atoms with van der Waals surface area (Å²) in [4.78, 5) is 0. The average molecular weight is 218 g/mol. The summed E-state index contributed by atoms with van der Waals surface area (Å²) in [6.07, 6.45) is 4.47. The van der Waals surface area contributed by atoms with Crippen molar-refractivity contribution in [3.8, 4) is 0 Å². The number of hydrogen-bond donors (Lipinski definition) is 0. The van der Waals surface area contributed by atoms with E-state index < -0.39 is 0 Å². The summed E-state index contributed by atoms with van der Waals surface area (Å²) in [6.45, 7) is 1.55. The maximum Gasteiger partial charge on any atom is 0.168 e. The van der Waals surface area contributed by atoms with Crippen LogP contribution in [0.2, 0.25) is 0 Å². The van der Waals surface area contributed by atoms with Crippen molar-refractivity contribution in [3.05, 3.63) is 35.9 Å². The average Bonchev–Trinajstić information content (AvgIpc) is 2.80. The number of benzene rings is 1. The molecule has 2 heteroatoms. The Balaban J connectivity index is 1.66. The fourth-order valence-corrected chi connectivity index (χ4v) is 2.90. The second-order valence-electron chi connectivity index (χ2n) is 4.79. The van der Waals surface area contributed by atoms with Crippen molar-refractivity contribution in [1.82, 2.24) is 0 Å². The van der Waals surface area contributed by atoms with E-state index in [-0.39, 0.29) is 5.79 Å². The molecule has 16 heavy (non-hydrogen) atoms. The molecule has 1 saturated carbocycles. The van der Waals surface area contributed by atoms with Gasteiger partial charge in [0.2, 0.25) is 0 Å². The van der Waals surface area contributed by atoms with Crippen molar-refractivity contribution >= 4 is 0 Å². The van der Waals surface area contributed by atoms with E-state index in [1.807, 2.05) is 0 Å². The first-order chi connectivity index (χ1) is 7.88. The lowest BCUT2D eigenvalue weighted by Gasteiger charge is -2.35. The third-order valence-electron chi connectivity index (χ3n) is 3.83. The predicted octanol–water partition coefficient (Wildman–Crippen LogP) is 3.09. The summed E-state index contributed by atoms with van der Waals surface area (Å²) in [7, 11) is 0. The smallest absolute Gasteiger partial charge is 0.168 e. The van der Waals surface area contributed by atoms with Gasteiger partial charge in [-0.3, -0.25) is 0 Å². The predicted molar refractivity (Wildman–Crippen MR) is 62.3 cm³/mol. The summed E-state index contributed by atoms with van der Waals surface area (Å²) in [5.41, 5.74) is 1.47. The fraction of sp³-hybridized carbons (Fsp3) is 0.571. The first-order valence-corrected chi connectivity index (χ1v) is 6.21. The van der Waals surface area contributed by atoms with Gasteiger partial charge in [-0.2, -0.15) is 0 Å². The molecule has 0 radical (unpaired) electrons. The second-order valence-corrected chi connectivity index (χ2v) is 4.79. The Kier molecular flexibility index (Phi) is 2.70. The highest BCUT2D eigenvalue weighted by Crippen LogP contribution is 2.42. The maximum atomic E-state index is 5.74. The fourth-order valence-electron chi connectivity index (χ4n) is 2.90. The van der Waals surface area contributed by atoms with Crippen molar-refractivity contribution in [2.75, 3.05) is 13.2 Å². The van der Waals surface area contributed by atoms with Gasteiger partial charge in [0.25, 0.3) is 0 Å². The molecule has 0 N–H and O–H groups in total. The van der Waals surface area contributed by atoms with Crippen molar-refractivity contribution in [2.24, 2.45) is 0 Å². The molecular weight excluding hydrogens is 200 g/mol. The molecular formula is C14H18O2. The molecule has 0 unspecified atom stereocenters. The van der Waals surface area contributed by atoms with Gasteiger partial charge in [0.1, 0.15) is 0 Å². The van der Waals surface area contributed by atoms with Gasteiger partial charge in [0, 0.05) is 12.8 Å². The van der Waals surface area contributed by atoms with Crippen molar-refractivity contribution < 1.29 is 9.47 Å². The first-order valence-electron chi connectivity index (χ1n) is 6.21. The Labute approximate surface area is 96.6 Å². The summed E-state index contributed by atoms with van der Waals surface area (Å²) in [6, 6.07) is 10.8. The van der Waals surface area contributed by atoms with Crippen LogP contribution in [0.3, 0.4) is 0 Å². The van der Waals surface area contributed by atoms with Crippen LogP contribution in [0.5, 0.6) is 0 Å². The van der Waals surface area contributed by atoms with Crippen LogP contribution < -0.4 is 0 Å². The van der Waals surface area contributed by atoms with Gasteiger partial charge < -0.3 is 9.47 Å². The van der Waals surface area contributed by atoms with Crippen LogP contribution in [-0.2, 0) is 9.47 Å². The Morgan fingerprint density at radius 2 is 1.56 bits per heavy atom. The zero-order chi connectivity index (χ0) is 10.8. The Morgan fingerprint density at radius 1 is 0.938 bits per heavy atom. The van der Waals surface area contributed by atoms with Crippen LogP contribution >= 0.6 is 0 Å². The Hall–Kier alpha value is -0.860. The molecule has 2 fully saturated rings. The third-order valence-corrected chi connectivity index (χ3v) is 3.83. The zero-order valence-corrected chi connectivity index (χ0v) is 9.52. The van der Waals surface area contributed by atoms with Crippen molar-refractivity contribution in [3.63, 3.8) is 0 Å². The highest BCUT2D eigenvalue weighted by Gasteiger charge is 2.40. The molecule has 1 aliphatic heterocycles. The summed E-state index contributed by atoms with van der Waals surface area (Å²) < 4.78 is 11.5. The van der Waals surface area contributed by atoms with Crippen molar-refractivity contribution in [1.29, 1.82) is 0 Å². The summed E-state index contributed by atoms with van der Waals surface area (Å²) >= 11 is 0. The molecule has 0 aromatic heterocycles. The van der Waals surface area contributed by atoms with Crippen molar-refractivity contribution in [2.45, 2.75) is 37.4 Å². The molecule has 0 amide bonds. The number of ether oxygens (including phenoxy) is 2. The van der Waals surface area contributed by atoms with E-state index in [0.717, 1.165) is 26.1 Å². The molecule has 86 valence electrons. The lowest BCUT2D eigenvalue weighted by Crippen LogP contribution is -2.34. The molecule has 0 bridgehead atoms. The molecule has 2 nitrogen and oxygen atoms in total. The Bertz CT molecular complexity index is 331. The zero-order valence-electron chi connectivity index (χ0n) is 9.52. The summed E-state index contributed by atoms with van der Waals surface area (Å²) in [5.74, 6) is 0.477. The van der Waals surface area contributed by atoms with E-state index in [1.54, 1.807) is 0 Å². The van der Waals surface area contributed by atoms with E-state index in [4.69, 9.17) is 9.47 Å². The van der Waals surface area contributed by atoms with E-state index in [9.17, 15) is 0 Å². The lowest BCUT2D eigenvalue weighted by molar-refractivity contribution is -0.178. The van der Waals surface area contributed by atoms with Gasteiger partial charge in [-0.15, -0.1) is 0 Å². The number of rotatable bonds is 1. The van der Waals surface area contributed by atoms with Crippen LogP contribution in [0, 0.1) is 0 Å². The minimum absolute atomic E-state index is 0.217. The molecule has 1 aromatic carbocycles. The molecule has 2 aliphatic rings. The second kappa shape index (κ2) is 4.19. The third kappa shape index (κ3) is 1.87.